The van der Waals surface area contributed by atoms with E-state index in [9.17, 15) is 9.00 Å². The highest BCUT2D eigenvalue weighted by Gasteiger charge is 2.10. The Morgan fingerprint density at radius 1 is 1.28 bits per heavy atom. The maximum Gasteiger partial charge on any atom is 0.175 e. The fraction of sp³-hybridized carbons (Fsp3) is 0.500. The Morgan fingerprint density at radius 3 is 2.50 bits per heavy atom. The van der Waals surface area contributed by atoms with Gasteiger partial charge >= 0.3 is 0 Å². The summed E-state index contributed by atoms with van der Waals surface area (Å²) in [5.74, 6) is 0.579. The fourth-order valence-electron chi connectivity index (χ4n) is 1.59. The minimum atomic E-state index is -1.09. The molecule has 0 aliphatic heterocycles. The van der Waals surface area contributed by atoms with Crippen molar-refractivity contribution in [3.63, 3.8) is 0 Å². The number of Topliss-reactive ketones (excluding diaryl/α,β-unsaturated/α-hetero) is 1. The number of benzene rings is 1. The molecule has 0 radical (unpaired) electrons. The molecule has 0 spiro atoms. The van der Waals surface area contributed by atoms with Crippen LogP contribution in [0.1, 0.15) is 29.3 Å². The molecule has 0 saturated heterocycles. The topological polar surface area (TPSA) is 43.4 Å². The fourth-order valence-corrected chi connectivity index (χ4v) is 2.64. The molecule has 0 amide bonds. The van der Waals surface area contributed by atoms with E-state index < -0.39 is 10.8 Å². The molecule has 0 aliphatic carbocycles. The van der Waals surface area contributed by atoms with Gasteiger partial charge in [-0.15, -0.1) is 0 Å². The molecule has 0 heterocycles. The van der Waals surface area contributed by atoms with E-state index in [2.05, 4.69) is 6.92 Å². The van der Waals surface area contributed by atoms with Crippen LogP contribution in [0.3, 0.4) is 0 Å². The molecule has 1 aromatic rings. The van der Waals surface area contributed by atoms with Crippen LogP contribution < -0.4 is 0 Å². The highest BCUT2D eigenvalue weighted by Crippen LogP contribution is 2.06. The Morgan fingerprint density at radius 2 is 1.94 bits per heavy atom. The van der Waals surface area contributed by atoms with E-state index in [1.165, 1.54) is 5.56 Å². The predicted molar refractivity (Wildman–Crippen MR) is 74.5 cm³/mol. The van der Waals surface area contributed by atoms with Crippen LogP contribution >= 0.6 is 0 Å². The Hall–Kier alpha value is -1.00. The van der Waals surface area contributed by atoms with Gasteiger partial charge in [0.1, 0.15) is 0 Å². The Bertz CT molecular complexity index is 398. The molecule has 1 atom stereocenters. The van der Waals surface area contributed by atoms with Crippen LogP contribution in [-0.4, -0.2) is 35.2 Å². The standard InChI is InChI=1S/C14H20O3S/c1-3-12-5-7-13(8-6-12)14(15)11-18(16)10-4-9-17-2/h5-8H,3-4,9-11H2,1-2H3. The van der Waals surface area contributed by atoms with E-state index in [-0.39, 0.29) is 11.5 Å². The van der Waals surface area contributed by atoms with Crippen molar-refractivity contribution in [1.29, 1.82) is 0 Å². The van der Waals surface area contributed by atoms with Gasteiger partial charge in [-0.05, 0) is 18.4 Å². The average Bonchev–Trinajstić information content (AvgIpc) is 2.39. The molecular formula is C14H20O3S. The smallest absolute Gasteiger partial charge is 0.175 e. The van der Waals surface area contributed by atoms with Crippen LogP contribution in [0.4, 0.5) is 0 Å². The summed E-state index contributed by atoms with van der Waals surface area (Å²) in [5, 5.41) is 0. The molecule has 1 aromatic carbocycles. The third-order valence-corrected chi connectivity index (χ3v) is 4.02. The molecule has 18 heavy (non-hydrogen) atoms. The zero-order chi connectivity index (χ0) is 13.4. The van der Waals surface area contributed by atoms with Gasteiger partial charge in [-0.25, -0.2) is 0 Å². The first kappa shape index (κ1) is 15.1. The van der Waals surface area contributed by atoms with E-state index in [0.717, 1.165) is 12.8 Å². The van der Waals surface area contributed by atoms with Gasteiger partial charge in [-0.3, -0.25) is 9.00 Å². The number of hydrogen-bond acceptors (Lipinski definition) is 3. The molecule has 0 fully saturated rings. The van der Waals surface area contributed by atoms with Crippen LogP contribution in [-0.2, 0) is 22.0 Å². The SMILES string of the molecule is CCc1ccc(C(=O)CS(=O)CCCOC)cc1. The average molecular weight is 268 g/mol. The highest BCUT2D eigenvalue weighted by atomic mass is 32.2. The quantitative estimate of drug-likeness (QED) is 0.536. The molecule has 0 saturated carbocycles. The number of rotatable bonds is 8. The largest absolute Gasteiger partial charge is 0.385 e. The van der Waals surface area contributed by atoms with Crippen molar-refractivity contribution in [3.05, 3.63) is 35.4 Å². The molecular weight excluding hydrogens is 248 g/mol. The van der Waals surface area contributed by atoms with Crippen LogP contribution in [0.2, 0.25) is 0 Å². The van der Waals surface area contributed by atoms with Crippen LogP contribution in [0, 0.1) is 0 Å². The minimum Gasteiger partial charge on any atom is -0.385 e. The van der Waals surface area contributed by atoms with E-state index >= 15 is 0 Å². The minimum absolute atomic E-state index is 0.0478. The van der Waals surface area contributed by atoms with E-state index in [0.29, 0.717) is 17.9 Å². The lowest BCUT2D eigenvalue weighted by Gasteiger charge is -2.03. The summed E-state index contributed by atoms with van der Waals surface area (Å²) >= 11 is 0. The second-order valence-electron chi connectivity index (χ2n) is 4.11. The van der Waals surface area contributed by atoms with Crippen molar-refractivity contribution >= 4 is 16.6 Å². The summed E-state index contributed by atoms with van der Waals surface area (Å²) in [5.41, 5.74) is 1.85. The molecule has 1 rings (SSSR count). The van der Waals surface area contributed by atoms with Gasteiger partial charge in [0, 0.05) is 35.8 Å². The van der Waals surface area contributed by atoms with E-state index in [1.807, 2.05) is 24.3 Å². The van der Waals surface area contributed by atoms with E-state index in [4.69, 9.17) is 4.74 Å². The molecule has 0 aromatic heterocycles. The van der Waals surface area contributed by atoms with Gasteiger partial charge in [0.05, 0.1) is 5.75 Å². The highest BCUT2D eigenvalue weighted by molar-refractivity contribution is 7.85. The molecule has 0 bridgehead atoms. The van der Waals surface area contributed by atoms with Gasteiger partial charge in [0.2, 0.25) is 0 Å². The number of aryl methyl sites for hydroxylation is 1. The third-order valence-electron chi connectivity index (χ3n) is 2.70. The monoisotopic (exact) mass is 268 g/mol. The number of ether oxygens (including phenoxy) is 1. The summed E-state index contributed by atoms with van der Waals surface area (Å²) in [6.45, 7) is 2.66. The van der Waals surface area contributed by atoms with E-state index in [1.54, 1.807) is 7.11 Å². The lowest BCUT2D eigenvalue weighted by atomic mass is 10.1. The third kappa shape index (κ3) is 5.10. The predicted octanol–water partition coefficient (Wildman–Crippen LogP) is 2.22. The molecule has 1 unspecified atom stereocenters. The summed E-state index contributed by atoms with van der Waals surface area (Å²) in [6.07, 6.45) is 1.68. The molecule has 3 nitrogen and oxygen atoms in total. The zero-order valence-corrected chi connectivity index (χ0v) is 11.8. The number of ketones is 1. The first-order valence-corrected chi connectivity index (χ1v) is 7.62. The number of methoxy groups -OCH3 is 1. The molecule has 0 N–H and O–H groups in total. The van der Waals surface area contributed by atoms with Crippen molar-refractivity contribution in [3.8, 4) is 0 Å². The Balaban J connectivity index is 2.46. The Kier molecular flexibility index (Phi) is 6.83. The second-order valence-corrected chi connectivity index (χ2v) is 5.68. The Labute approximate surface area is 111 Å². The normalized spacial score (nSPS) is 12.3. The number of carbonyl (C=O) groups is 1. The van der Waals surface area contributed by atoms with Gasteiger partial charge in [-0.2, -0.15) is 0 Å². The van der Waals surface area contributed by atoms with Crippen molar-refractivity contribution in [1.82, 2.24) is 0 Å². The summed E-state index contributed by atoms with van der Waals surface area (Å²) in [6, 6.07) is 7.52. The lowest BCUT2D eigenvalue weighted by molar-refractivity contribution is 0.102. The van der Waals surface area contributed by atoms with Crippen molar-refractivity contribution in [2.75, 3.05) is 25.2 Å². The van der Waals surface area contributed by atoms with Gasteiger partial charge < -0.3 is 4.74 Å². The van der Waals surface area contributed by atoms with Gasteiger partial charge in [0.25, 0.3) is 0 Å². The lowest BCUT2D eigenvalue weighted by Crippen LogP contribution is -2.14. The van der Waals surface area contributed by atoms with Crippen LogP contribution in [0.5, 0.6) is 0 Å². The zero-order valence-electron chi connectivity index (χ0n) is 11.0. The summed E-state index contributed by atoms with van der Waals surface area (Å²) in [7, 11) is 0.526. The molecule has 0 aliphatic rings. The van der Waals surface area contributed by atoms with Crippen LogP contribution in [0.15, 0.2) is 24.3 Å². The van der Waals surface area contributed by atoms with Gasteiger partial charge in [-0.1, -0.05) is 31.2 Å². The van der Waals surface area contributed by atoms with Crippen LogP contribution in [0.25, 0.3) is 0 Å². The first-order valence-electron chi connectivity index (χ1n) is 6.13. The number of hydrogen-bond donors (Lipinski definition) is 0. The molecule has 4 heteroatoms. The van der Waals surface area contributed by atoms with Crippen molar-refractivity contribution in [2.45, 2.75) is 19.8 Å². The van der Waals surface area contributed by atoms with Crippen molar-refractivity contribution < 1.29 is 13.7 Å². The summed E-state index contributed by atoms with van der Waals surface area (Å²) < 4.78 is 16.5. The van der Waals surface area contributed by atoms with Crippen molar-refractivity contribution in [2.24, 2.45) is 0 Å². The second kappa shape index (κ2) is 8.16. The summed E-state index contributed by atoms with van der Waals surface area (Å²) in [4.78, 5) is 11.9. The van der Waals surface area contributed by atoms with Gasteiger partial charge in [0.15, 0.2) is 5.78 Å². The maximum absolute atomic E-state index is 11.9. The first-order chi connectivity index (χ1) is 8.67. The molecule has 100 valence electrons. The maximum atomic E-state index is 11.9. The number of carbonyl (C=O) groups excluding carboxylic acids is 1.